The van der Waals surface area contributed by atoms with Gasteiger partial charge in [-0.2, -0.15) is 11.8 Å². The predicted octanol–water partition coefficient (Wildman–Crippen LogP) is 1.81. The minimum Gasteiger partial charge on any atom is -0.383 e. The van der Waals surface area contributed by atoms with Crippen molar-refractivity contribution in [1.29, 1.82) is 0 Å². The monoisotopic (exact) mass is 240 g/mol. The van der Waals surface area contributed by atoms with Crippen LogP contribution in [0, 0.1) is 0 Å². The molecule has 0 bridgehead atoms. The number of nitrogens with zero attached hydrogens (tertiary/aromatic N) is 3. The summed E-state index contributed by atoms with van der Waals surface area (Å²) in [5.41, 5.74) is 6.90. The van der Waals surface area contributed by atoms with E-state index >= 15 is 0 Å². The van der Waals surface area contributed by atoms with Crippen LogP contribution in [-0.2, 0) is 6.42 Å². The normalized spacial score (nSPS) is 12.5. The van der Waals surface area contributed by atoms with Gasteiger partial charge in [0.2, 0.25) is 0 Å². The third kappa shape index (κ3) is 2.78. The first-order valence-electron chi connectivity index (χ1n) is 5.42. The van der Waals surface area contributed by atoms with Gasteiger partial charge in [0.25, 0.3) is 0 Å². The molecule has 0 aromatic carbocycles. The minimum absolute atomic E-state index is 0.439. The first-order chi connectivity index (χ1) is 7.61. The predicted molar refractivity (Wildman–Crippen MR) is 72.1 cm³/mol. The maximum Gasteiger partial charge on any atom is 0.137 e. The van der Waals surface area contributed by atoms with Gasteiger partial charge in [-0.05, 0) is 19.6 Å². The lowest BCUT2D eigenvalue weighted by Gasteiger charge is -2.27. The second-order valence-corrected chi connectivity index (χ2v) is 4.74. The molecule has 1 atom stereocenters. The zero-order valence-corrected chi connectivity index (χ0v) is 11.2. The summed E-state index contributed by atoms with van der Waals surface area (Å²) in [6, 6.07) is 0.439. The Kier molecular flexibility index (Phi) is 4.86. The van der Waals surface area contributed by atoms with Gasteiger partial charge in [0.05, 0.1) is 0 Å². The van der Waals surface area contributed by atoms with Crippen molar-refractivity contribution in [3.05, 3.63) is 11.9 Å². The minimum atomic E-state index is 0.439. The van der Waals surface area contributed by atoms with E-state index in [0.29, 0.717) is 11.9 Å². The lowest BCUT2D eigenvalue weighted by molar-refractivity contribution is 0.745. The Bertz CT molecular complexity index is 343. The van der Waals surface area contributed by atoms with Crippen LogP contribution in [0.25, 0.3) is 0 Å². The van der Waals surface area contributed by atoms with E-state index in [4.69, 9.17) is 5.73 Å². The number of aromatic nitrogens is 2. The molecule has 0 spiro atoms. The molecule has 0 aliphatic rings. The van der Waals surface area contributed by atoms with Crippen LogP contribution in [0.1, 0.15) is 19.4 Å². The zero-order valence-electron chi connectivity index (χ0n) is 10.4. The maximum atomic E-state index is 5.86. The highest BCUT2D eigenvalue weighted by atomic mass is 32.2. The Balaban J connectivity index is 2.98. The molecule has 1 heterocycles. The summed E-state index contributed by atoms with van der Waals surface area (Å²) in [6.45, 7) is 4.26. The molecule has 1 rings (SSSR count). The number of hydrogen-bond donors (Lipinski definition) is 1. The molecule has 0 aliphatic carbocycles. The Labute approximate surface area is 102 Å². The number of rotatable bonds is 5. The summed E-state index contributed by atoms with van der Waals surface area (Å²) in [7, 11) is 2.06. The number of hydrogen-bond acceptors (Lipinski definition) is 5. The maximum absolute atomic E-state index is 5.86. The molecular weight excluding hydrogens is 220 g/mol. The van der Waals surface area contributed by atoms with Crippen molar-refractivity contribution >= 4 is 23.4 Å². The van der Waals surface area contributed by atoms with E-state index in [9.17, 15) is 0 Å². The SMILES string of the molecule is CCc1c(N)ncnc1N(C)C(C)CSC. The summed E-state index contributed by atoms with van der Waals surface area (Å²) in [4.78, 5) is 10.5. The highest BCUT2D eigenvalue weighted by molar-refractivity contribution is 7.98. The van der Waals surface area contributed by atoms with Gasteiger partial charge in [-0.25, -0.2) is 9.97 Å². The second-order valence-electron chi connectivity index (χ2n) is 3.83. The summed E-state index contributed by atoms with van der Waals surface area (Å²) < 4.78 is 0. The Morgan fingerprint density at radius 1 is 1.50 bits per heavy atom. The first kappa shape index (κ1) is 13.1. The molecule has 2 N–H and O–H groups in total. The van der Waals surface area contributed by atoms with Crippen LogP contribution in [-0.4, -0.2) is 35.1 Å². The van der Waals surface area contributed by atoms with Gasteiger partial charge in [-0.1, -0.05) is 6.92 Å². The molecular formula is C11H20N4S. The van der Waals surface area contributed by atoms with E-state index in [1.54, 1.807) is 0 Å². The fourth-order valence-corrected chi connectivity index (χ4v) is 2.33. The largest absolute Gasteiger partial charge is 0.383 e. The standard InChI is InChI=1S/C11H20N4S/c1-5-9-10(12)13-7-14-11(9)15(3)8(2)6-16-4/h7-8H,5-6H2,1-4H3,(H2,12,13,14). The van der Waals surface area contributed by atoms with Crippen molar-refractivity contribution in [2.45, 2.75) is 26.3 Å². The van der Waals surface area contributed by atoms with E-state index in [0.717, 1.165) is 23.6 Å². The summed E-state index contributed by atoms with van der Waals surface area (Å²) in [5, 5.41) is 0. The lowest BCUT2D eigenvalue weighted by atomic mass is 10.2. The Hall–Kier alpha value is -0.970. The van der Waals surface area contributed by atoms with Crippen molar-refractivity contribution in [3.63, 3.8) is 0 Å². The van der Waals surface area contributed by atoms with Crippen molar-refractivity contribution in [2.24, 2.45) is 0 Å². The summed E-state index contributed by atoms with van der Waals surface area (Å²) in [5.74, 6) is 2.62. The first-order valence-corrected chi connectivity index (χ1v) is 6.82. The molecule has 1 aromatic rings. The molecule has 0 aliphatic heterocycles. The van der Waals surface area contributed by atoms with Gasteiger partial charge < -0.3 is 10.6 Å². The van der Waals surface area contributed by atoms with Gasteiger partial charge in [0.1, 0.15) is 18.0 Å². The van der Waals surface area contributed by atoms with Gasteiger partial charge in [-0.15, -0.1) is 0 Å². The molecule has 0 radical (unpaired) electrons. The second kappa shape index (κ2) is 5.94. The van der Waals surface area contributed by atoms with E-state index in [2.05, 4.69) is 42.0 Å². The van der Waals surface area contributed by atoms with Crippen LogP contribution >= 0.6 is 11.8 Å². The number of thioether (sulfide) groups is 1. The molecule has 1 aromatic heterocycles. The molecule has 90 valence electrons. The van der Waals surface area contributed by atoms with Crippen LogP contribution in [0.2, 0.25) is 0 Å². The van der Waals surface area contributed by atoms with E-state index in [-0.39, 0.29) is 0 Å². The van der Waals surface area contributed by atoms with Crippen LogP contribution in [0.3, 0.4) is 0 Å². The Morgan fingerprint density at radius 2 is 2.19 bits per heavy atom. The third-order valence-corrected chi connectivity index (χ3v) is 3.53. The molecule has 0 fully saturated rings. The summed E-state index contributed by atoms with van der Waals surface area (Å²) >= 11 is 1.83. The molecule has 1 unspecified atom stereocenters. The van der Waals surface area contributed by atoms with Gasteiger partial charge >= 0.3 is 0 Å². The summed E-state index contributed by atoms with van der Waals surface area (Å²) in [6.07, 6.45) is 4.50. The quantitative estimate of drug-likeness (QED) is 0.850. The van der Waals surface area contributed by atoms with Gasteiger partial charge in [0.15, 0.2) is 0 Å². The molecule has 4 nitrogen and oxygen atoms in total. The highest BCUT2D eigenvalue weighted by Crippen LogP contribution is 2.23. The zero-order chi connectivity index (χ0) is 12.1. The van der Waals surface area contributed by atoms with Crippen molar-refractivity contribution < 1.29 is 0 Å². The topological polar surface area (TPSA) is 55.0 Å². The molecule has 0 saturated heterocycles. The van der Waals surface area contributed by atoms with Crippen LogP contribution < -0.4 is 10.6 Å². The fraction of sp³-hybridized carbons (Fsp3) is 0.636. The van der Waals surface area contributed by atoms with Crippen LogP contribution in [0.5, 0.6) is 0 Å². The van der Waals surface area contributed by atoms with Crippen LogP contribution in [0.15, 0.2) is 6.33 Å². The lowest BCUT2D eigenvalue weighted by Crippen LogP contribution is -2.32. The molecule has 0 amide bonds. The average Bonchev–Trinajstić information content (AvgIpc) is 2.28. The van der Waals surface area contributed by atoms with Gasteiger partial charge in [-0.3, -0.25) is 0 Å². The van der Waals surface area contributed by atoms with Crippen molar-refractivity contribution in [3.8, 4) is 0 Å². The number of anilines is 2. The van der Waals surface area contributed by atoms with Crippen LogP contribution in [0.4, 0.5) is 11.6 Å². The highest BCUT2D eigenvalue weighted by Gasteiger charge is 2.15. The molecule has 16 heavy (non-hydrogen) atoms. The van der Waals surface area contributed by atoms with Crippen molar-refractivity contribution in [1.82, 2.24) is 9.97 Å². The Morgan fingerprint density at radius 3 is 2.75 bits per heavy atom. The fourth-order valence-electron chi connectivity index (χ4n) is 1.62. The number of nitrogens with two attached hydrogens (primary N) is 1. The van der Waals surface area contributed by atoms with Gasteiger partial charge in [0, 0.05) is 24.4 Å². The number of nitrogen functional groups attached to an aromatic ring is 1. The molecule has 0 saturated carbocycles. The van der Waals surface area contributed by atoms with Crippen molar-refractivity contribution in [2.75, 3.05) is 29.7 Å². The third-order valence-electron chi connectivity index (χ3n) is 2.71. The van der Waals surface area contributed by atoms with E-state index in [1.165, 1.54) is 6.33 Å². The molecule has 5 heteroatoms. The smallest absolute Gasteiger partial charge is 0.137 e. The van der Waals surface area contributed by atoms with E-state index < -0.39 is 0 Å². The average molecular weight is 240 g/mol. The van der Waals surface area contributed by atoms with E-state index in [1.807, 2.05) is 11.8 Å².